The van der Waals surface area contributed by atoms with E-state index in [4.69, 9.17) is 22.4 Å². The molecule has 0 bridgehead atoms. The molecule has 0 aliphatic rings. The quantitative estimate of drug-likeness (QED) is 0.838. The summed E-state index contributed by atoms with van der Waals surface area (Å²) < 4.78 is 0. The van der Waals surface area contributed by atoms with Crippen molar-refractivity contribution in [3.05, 3.63) is 52.3 Å². The number of nitrogens with two attached hydrogens (primary N) is 1. The molecule has 5 nitrogen and oxygen atoms in total. The predicted octanol–water partition coefficient (Wildman–Crippen LogP) is 2.71. The maximum absolute atomic E-state index is 10.3. The normalized spacial score (nSPS) is 9.42. The lowest BCUT2D eigenvalue weighted by Crippen LogP contribution is -1.97. The molecule has 19 heavy (non-hydrogen) atoms. The van der Waals surface area contributed by atoms with Gasteiger partial charge >= 0.3 is 5.97 Å². The van der Waals surface area contributed by atoms with Crippen molar-refractivity contribution in [1.29, 1.82) is 0 Å². The second-order valence-electron chi connectivity index (χ2n) is 3.82. The Bertz CT molecular complexity index is 520. The minimum Gasteiger partial charge on any atom is -0.478 e. The fourth-order valence-corrected chi connectivity index (χ4v) is 1.47. The summed E-state index contributed by atoms with van der Waals surface area (Å²) in [6, 6.07) is 7.90. The molecular formula is C13H14ClN3O2. The average molecular weight is 280 g/mol. The molecule has 0 atom stereocenters. The van der Waals surface area contributed by atoms with E-state index in [2.05, 4.69) is 9.97 Å². The number of carboxylic acid groups (broad SMARTS) is 1. The van der Waals surface area contributed by atoms with E-state index in [1.165, 1.54) is 12.1 Å². The average Bonchev–Trinajstić information content (AvgIpc) is 2.28. The van der Waals surface area contributed by atoms with Crippen molar-refractivity contribution >= 4 is 23.5 Å². The fourth-order valence-electron chi connectivity index (χ4n) is 1.35. The SMILES string of the molecule is Cc1cc(C)nc(N)n1.O=C(O)c1ccc(Cl)cc1. The highest BCUT2D eigenvalue weighted by atomic mass is 35.5. The van der Waals surface area contributed by atoms with Gasteiger partial charge in [0, 0.05) is 16.4 Å². The molecule has 0 aliphatic carbocycles. The molecule has 3 N–H and O–H groups in total. The van der Waals surface area contributed by atoms with Gasteiger partial charge in [-0.15, -0.1) is 0 Å². The number of aryl methyl sites for hydroxylation is 2. The number of benzene rings is 1. The Morgan fingerprint density at radius 2 is 1.63 bits per heavy atom. The zero-order chi connectivity index (χ0) is 14.4. The molecule has 0 amide bonds. The minimum atomic E-state index is -0.934. The number of nitrogens with zero attached hydrogens (tertiary/aromatic N) is 2. The van der Waals surface area contributed by atoms with Crippen molar-refractivity contribution in [3.63, 3.8) is 0 Å². The topological polar surface area (TPSA) is 89.1 Å². The van der Waals surface area contributed by atoms with Crippen LogP contribution in [0, 0.1) is 13.8 Å². The summed E-state index contributed by atoms with van der Waals surface area (Å²) in [5, 5.41) is 8.98. The van der Waals surface area contributed by atoms with Crippen molar-refractivity contribution < 1.29 is 9.90 Å². The van der Waals surface area contributed by atoms with Crippen LogP contribution in [0.1, 0.15) is 21.7 Å². The summed E-state index contributed by atoms with van der Waals surface area (Å²) in [6.07, 6.45) is 0. The summed E-state index contributed by atoms with van der Waals surface area (Å²) in [7, 11) is 0. The van der Waals surface area contributed by atoms with Crippen LogP contribution in [0.25, 0.3) is 0 Å². The number of hydrogen-bond acceptors (Lipinski definition) is 4. The first-order chi connectivity index (χ1) is 8.88. The standard InChI is InChI=1S/C7H5ClO2.C6H9N3/c8-6-3-1-5(2-4-6)7(9)10;1-4-3-5(2)9-6(7)8-4/h1-4H,(H,9,10);3H,1-2H3,(H2,7,8,9). The largest absolute Gasteiger partial charge is 0.478 e. The molecule has 1 aromatic carbocycles. The van der Waals surface area contributed by atoms with Crippen LogP contribution in [0.3, 0.4) is 0 Å². The van der Waals surface area contributed by atoms with Crippen LogP contribution in [0.5, 0.6) is 0 Å². The Morgan fingerprint density at radius 1 is 1.16 bits per heavy atom. The van der Waals surface area contributed by atoms with Gasteiger partial charge in [0.15, 0.2) is 0 Å². The highest BCUT2D eigenvalue weighted by molar-refractivity contribution is 6.30. The van der Waals surface area contributed by atoms with E-state index in [9.17, 15) is 4.79 Å². The van der Waals surface area contributed by atoms with E-state index in [1.807, 2.05) is 19.9 Å². The van der Waals surface area contributed by atoms with E-state index in [0.29, 0.717) is 11.0 Å². The van der Waals surface area contributed by atoms with E-state index < -0.39 is 5.97 Å². The van der Waals surface area contributed by atoms with Crippen molar-refractivity contribution in [2.45, 2.75) is 13.8 Å². The molecule has 2 aromatic rings. The molecule has 0 aliphatic heterocycles. The van der Waals surface area contributed by atoms with Crippen LogP contribution in [0.2, 0.25) is 5.02 Å². The Hall–Kier alpha value is -2.14. The molecule has 0 fully saturated rings. The van der Waals surface area contributed by atoms with Gasteiger partial charge in [-0.1, -0.05) is 11.6 Å². The Kier molecular flexibility index (Phi) is 5.26. The van der Waals surface area contributed by atoms with Gasteiger partial charge in [0.2, 0.25) is 5.95 Å². The summed E-state index contributed by atoms with van der Waals surface area (Å²) in [4.78, 5) is 18.1. The predicted molar refractivity (Wildman–Crippen MR) is 74.3 cm³/mol. The zero-order valence-electron chi connectivity index (χ0n) is 10.6. The van der Waals surface area contributed by atoms with Crippen LogP contribution < -0.4 is 5.73 Å². The van der Waals surface area contributed by atoms with Crippen molar-refractivity contribution in [2.75, 3.05) is 5.73 Å². The van der Waals surface area contributed by atoms with E-state index in [-0.39, 0.29) is 5.56 Å². The van der Waals surface area contributed by atoms with E-state index >= 15 is 0 Å². The second-order valence-corrected chi connectivity index (χ2v) is 4.26. The smallest absolute Gasteiger partial charge is 0.335 e. The van der Waals surface area contributed by atoms with E-state index in [0.717, 1.165) is 11.4 Å². The third-order valence-corrected chi connectivity index (χ3v) is 2.34. The highest BCUT2D eigenvalue weighted by Crippen LogP contribution is 2.08. The first-order valence-electron chi connectivity index (χ1n) is 5.45. The number of rotatable bonds is 1. The first-order valence-corrected chi connectivity index (χ1v) is 5.83. The van der Waals surface area contributed by atoms with Crippen LogP contribution >= 0.6 is 11.6 Å². The maximum atomic E-state index is 10.3. The third-order valence-electron chi connectivity index (χ3n) is 2.09. The third kappa shape index (κ3) is 5.35. The zero-order valence-corrected chi connectivity index (χ0v) is 11.3. The molecule has 0 unspecified atom stereocenters. The molecule has 100 valence electrons. The monoisotopic (exact) mass is 279 g/mol. The number of aromatic carboxylic acids is 1. The minimum absolute atomic E-state index is 0.254. The van der Waals surface area contributed by atoms with Crippen molar-refractivity contribution in [1.82, 2.24) is 9.97 Å². The van der Waals surface area contributed by atoms with Gasteiger partial charge in [-0.25, -0.2) is 14.8 Å². The highest BCUT2D eigenvalue weighted by Gasteiger charge is 1.99. The molecule has 0 radical (unpaired) electrons. The fraction of sp³-hybridized carbons (Fsp3) is 0.154. The molecule has 1 heterocycles. The number of halogens is 1. The van der Waals surface area contributed by atoms with Crippen LogP contribution in [0.4, 0.5) is 5.95 Å². The van der Waals surface area contributed by atoms with Crippen LogP contribution in [0.15, 0.2) is 30.3 Å². The molecule has 0 saturated heterocycles. The molecule has 0 spiro atoms. The number of carbonyl (C=O) groups is 1. The molecular weight excluding hydrogens is 266 g/mol. The Balaban J connectivity index is 0.000000191. The number of hydrogen-bond donors (Lipinski definition) is 2. The Labute approximate surface area is 116 Å². The van der Waals surface area contributed by atoms with Gasteiger partial charge in [-0.2, -0.15) is 0 Å². The van der Waals surface area contributed by atoms with Gasteiger partial charge in [-0.3, -0.25) is 0 Å². The van der Waals surface area contributed by atoms with E-state index in [1.54, 1.807) is 12.1 Å². The number of nitrogen functional groups attached to an aromatic ring is 1. The van der Waals surface area contributed by atoms with Gasteiger partial charge < -0.3 is 10.8 Å². The summed E-state index contributed by atoms with van der Waals surface area (Å²) in [5.74, 6) is -0.579. The summed E-state index contributed by atoms with van der Waals surface area (Å²) in [5.41, 5.74) is 7.42. The molecule has 6 heteroatoms. The number of aromatic nitrogens is 2. The second kappa shape index (κ2) is 6.70. The van der Waals surface area contributed by atoms with Gasteiger partial charge in [0.1, 0.15) is 0 Å². The molecule has 1 aromatic heterocycles. The number of carboxylic acids is 1. The summed E-state index contributed by atoms with van der Waals surface area (Å²) in [6.45, 7) is 3.79. The first kappa shape index (κ1) is 14.9. The summed E-state index contributed by atoms with van der Waals surface area (Å²) >= 11 is 5.52. The van der Waals surface area contributed by atoms with Crippen LogP contribution in [-0.4, -0.2) is 21.0 Å². The number of anilines is 1. The van der Waals surface area contributed by atoms with Gasteiger partial charge in [0.05, 0.1) is 5.56 Å². The lowest BCUT2D eigenvalue weighted by Gasteiger charge is -1.94. The van der Waals surface area contributed by atoms with Crippen molar-refractivity contribution in [3.8, 4) is 0 Å². The lowest BCUT2D eigenvalue weighted by atomic mass is 10.2. The lowest BCUT2D eigenvalue weighted by molar-refractivity contribution is 0.0697. The van der Waals surface area contributed by atoms with Crippen molar-refractivity contribution in [2.24, 2.45) is 0 Å². The van der Waals surface area contributed by atoms with Crippen LogP contribution in [-0.2, 0) is 0 Å². The van der Waals surface area contributed by atoms with Gasteiger partial charge in [0.25, 0.3) is 0 Å². The molecule has 2 rings (SSSR count). The van der Waals surface area contributed by atoms with Gasteiger partial charge in [-0.05, 0) is 44.2 Å². The Morgan fingerprint density at radius 3 is 2.00 bits per heavy atom. The maximum Gasteiger partial charge on any atom is 0.335 e. The molecule has 0 saturated carbocycles.